The summed E-state index contributed by atoms with van der Waals surface area (Å²) < 4.78 is 0.602. The Labute approximate surface area is 88.0 Å². The average Bonchev–Trinajstić information content (AvgIpc) is 2.04. The van der Waals surface area contributed by atoms with Gasteiger partial charge in [0, 0.05) is 14.7 Å². The first kappa shape index (κ1) is 9.67. The summed E-state index contributed by atoms with van der Waals surface area (Å²) in [4.78, 5) is 21.2. The molecule has 12 heavy (non-hydrogen) atoms. The van der Waals surface area contributed by atoms with Gasteiger partial charge < -0.3 is 0 Å². The van der Waals surface area contributed by atoms with Gasteiger partial charge in [-0.1, -0.05) is 12.1 Å². The molecule has 2 nitrogen and oxygen atoms in total. The van der Waals surface area contributed by atoms with Crippen molar-refractivity contribution in [3.63, 3.8) is 0 Å². The monoisotopic (exact) mass is 294 g/mol. The first-order valence-electron chi connectivity index (χ1n) is 3.10. The average molecular weight is 294 g/mol. The van der Waals surface area contributed by atoms with E-state index >= 15 is 0 Å². The van der Waals surface area contributed by atoms with Crippen molar-refractivity contribution in [1.29, 1.82) is 0 Å². The lowest BCUT2D eigenvalue weighted by molar-refractivity contribution is 0.108. The summed E-state index contributed by atoms with van der Waals surface area (Å²) in [6.07, 6.45) is 0.700. The summed E-state index contributed by atoms with van der Waals surface area (Å²) >= 11 is 7.20. The van der Waals surface area contributed by atoms with Gasteiger partial charge >= 0.3 is 0 Å². The van der Waals surface area contributed by atoms with Gasteiger partial charge in [-0.2, -0.15) is 0 Å². The van der Waals surface area contributed by atoms with Crippen LogP contribution in [0.3, 0.4) is 0 Å². The molecule has 1 aromatic rings. The van der Waals surface area contributed by atoms with Crippen LogP contribution in [0.15, 0.2) is 18.2 Å². The molecule has 0 bridgehead atoms. The van der Waals surface area contributed by atoms with E-state index in [4.69, 9.17) is 11.6 Å². The van der Waals surface area contributed by atoms with E-state index in [1.165, 1.54) is 0 Å². The summed E-state index contributed by atoms with van der Waals surface area (Å²) in [7, 11) is 0. The molecule has 0 fully saturated rings. The summed E-state index contributed by atoms with van der Waals surface area (Å²) in [5.41, 5.74) is 0.865. The van der Waals surface area contributed by atoms with Gasteiger partial charge in [0.15, 0.2) is 6.29 Å². The van der Waals surface area contributed by atoms with Crippen molar-refractivity contribution in [1.82, 2.24) is 0 Å². The van der Waals surface area contributed by atoms with Gasteiger partial charge in [0.1, 0.15) is 0 Å². The Kier molecular flexibility index (Phi) is 3.22. The first-order chi connectivity index (χ1) is 5.66. The zero-order chi connectivity index (χ0) is 9.14. The molecule has 0 radical (unpaired) electrons. The van der Waals surface area contributed by atoms with E-state index in [2.05, 4.69) is 0 Å². The largest absolute Gasteiger partial charge is 0.298 e. The molecule has 0 N–H and O–H groups in total. The Morgan fingerprint density at radius 1 is 1.50 bits per heavy atom. The topological polar surface area (TPSA) is 34.1 Å². The van der Waals surface area contributed by atoms with E-state index in [9.17, 15) is 9.59 Å². The van der Waals surface area contributed by atoms with E-state index in [1.54, 1.807) is 18.2 Å². The molecule has 0 heterocycles. The third-order valence-corrected chi connectivity index (χ3v) is 2.77. The molecule has 1 aromatic carbocycles. The van der Waals surface area contributed by atoms with Gasteiger partial charge in [-0.25, -0.2) is 0 Å². The zero-order valence-electron chi connectivity index (χ0n) is 5.88. The second-order valence-electron chi connectivity index (χ2n) is 2.10. The van der Waals surface area contributed by atoms with E-state index in [1.807, 2.05) is 22.6 Å². The SMILES string of the molecule is O=Cc1cccc(C(=O)Cl)c1I. The fourth-order valence-electron chi connectivity index (χ4n) is 0.793. The Morgan fingerprint density at radius 2 is 2.17 bits per heavy atom. The number of carbonyl (C=O) groups excluding carboxylic acids is 2. The lowest BCUT2D eigenvalue weighted by Crippen LogP contribution is -1.96. The lowest BCUT2D eigenvalue weighted by Gasteiger charge is -1.99. The maximum atomic E-state index is 10.8. The van der Waals surface area contributed by atoms with Crippen LogP contribution in [0.5, 0.6) is 0 Å². The van der Waals surface area contributed by atoms with Crippen molar-refractivity contribution < 1.29 is 9.59 Å². The van der Waals surface area contributed by atoms with Crippen LogP contribution in [0.1, 0.15) is 20.7 Å². The molecular formula is C8H4ClIO2. The Balaban J connectivity index is 3.32. The van der Waals surface area contributed by atoms with Crippen LogP contribution in [0.2, 0.25) is 0 Å². The second kappa shape index (κ2) is 4.00. The Hall–Kier alpha value is -0.420. The second-order valence-corrected chi connectivity index (χ2v) is 3.52. The summed E-state index contributed by atoms with van der Waals surface area (Å²) in [6, 6.07) is 4.85. The minimum absolute atomic E-state index is 0.377. The highest BCUT2D eigenvalue weighted by atomic mass is 127. The predicted octanol–water partition coefficient (Wildman–Crippen LogP) is 2.48. The van der Waals surface area contributed by atoms with Crippen molar-refractivity contribution in [2.75, 3.05) is 0 Å². The molecule has 62 valence electrons. The molecule has 4 heteroatoms. The standard InChI is InChI=1S/C8H4ClIO2/c9-8(12)6-3-1-2-5(4-11)7(6)10/h1-4H. The van der Waals surface area contributed by atoms with Crippen molar-refractivity contribution in [2.45, 2.75) is 0 Å². The molecule has 0 aliphatic heterocycles. The molecule has 1 rings (SSSR count). The minimum Gasteiger partial charge on any atom is -0.298 e. The van der Waals surface area contributed by atoms with Crippen LogP contribution in [0.4, 0.5) is 0 Å². The van der Waals surface area contributed by atoms with Crippen LogP contribution in [0.25, 0.3) is 0 Å². The van der Waals surface area contributed by atoms with Gasteiger partial charge in [0.2, 0.25) is 0 Å². The highest BCUT2D eigenvalue weighted by Gasteiger charge is 2.09. The van der Waals surface area contributed by atoms with Crippen LogP contribution in [-0.4, -0.2) is 11.5 Å². The van der Waals surface area contributed by atoms with Crippen LogP contribution >= 0.6 is 34.2 Å². The van der Waals surface area contributed by atoms with Gasteiger partial charge in [0.05, 0.1) is 0 Å². The van der Waals surface area contributed by atoms with Crippen molar-refractivity contribution in [3.05, 3.63) is 32.9 Å². The number of benzene rings is 1. The summed E-state index contributed by atoms with van der Waals surface area (Å²) in [5.74, 6) is 0. The van der Waals surface area contributed by atoms with E-state index in [0.717, 1.165) is 0 Å². The highest BCUT2D eigenvalue weighted by molar-refractivity contribution is 14.1. The number of halogens is 2. The number of aldehydes is 1. The molecule has 0 saturated heterocycles. The molecule has 0 aliphatic rings. The molecule has 0 unspecified atom stereocenters. The molecule has 0 spiro atoms. The normalized spacial score (nSPS) is 9.50. The summed E-state index contributed by atoms with van der Waals surface area (Å²) in [6.45, 7) is 0. The summed E-state index contributed by atoms with van der Waals surface area (Å²) in [5, 5.41) is -0.539. The fraction of sp³-hybridized carbons (Fsp3) is 0. The quantitative estimate of drug-likeness (QED) is 0.477. The molecule has 0 atom stereocenters. The van der Waals surface area contributed by atoms with Crippen molar-refractivity contribution in [3.8, 4) is 0 Å². The molecule has 0 saturated carbocycles. The fourth-order valence-corrected chi connectivity index (χ4v) is 1.84. The van der Waals surface area contributed by atoms with Gasteiger partial charge in [-0.3, -0.25) is 9.59 Å². The smallest absolute Gasteiger partial charge is 0.253 e. The number of hydrogen-bond acceptors (Lipinski definition) is 2. The minimum atomic E-state index is -0.539. The third-order valence-electron chi connectivity index (χ3n) is 1.37. The van der Waals surface area contributed by atoms with Crippen LogP contribution < -0.4 is 0 Å². The molecule has 0 aliphatic carbocycles. The maximum Gasteiger partial charge on any atom is 0.253 e. The van der Waals surface area contributed by atoms with Gasteiger partial charge in [-0.05, 0) is 40.3 Å². The zero-order valence-corrected chi connectivity index (χ0v) is 8.80. The predicted molar refractivity (Wildman–Crippen MR) is 54.7 cm³/mol. The third kappa shape index (κ3) is 1.84. The van der Waals surface area contributed by atoms with Crippen LogP contribution in [0, 0.1) is 3.57 Å². The Morgan fingerprint density at radius 3 is 2.67 bits per heavy atom. The first-order valence-corrected chi connectivity index (χ1v) is 4.56. The van der Waals surface area contributed by atoms with E-state index < -0.39 is 5.24 Å². The molecular weight excluding hydrogens is 290 g/mol. The van der Waals surface area contributed by atoms with E-state index in [-0.39, 0.29) is 0 Å². The lowest BCUT2D eigenvalue weighted by atomic mass is 10.1. The molecule has 0 amide bonds. The van der Waals surface area contributed by atoms with E-state index in [0.29, 0.717) is 21.0 Å². The maximum absolute atomic E-state index is 10.8. The van der Waals surface area contributed by atoms with Gasteiger partial charge in [-0.15, -0.1) is 0 Å². The highest BCUT2D eigenvalue weighted by Crippen LogP contribution is 2.17. The van der Waals surface area contributed by atoms with Crippen LogP contribution in [-0.2, 0) is 0 Å². The number of hydrogen-bond donors (Lipinski definition) is 0. The Bertz CT molecular complexity index is 336. The number of rotatable bonds is 2. The van der Waals surface area contributed by atoms with Crippen molar-refractivity contribution >= 4 is 45.7 Å². The van der Waals surface area contributed by atoms with Crippen molar-refractivity contribution in [2.24, 2.45) is 0 Å². The van der Waals surface area contributed by atoms with Gasteiger partial charge in [0.25, 0.3) is 5.24 Å². The number of carbonyl (C=O) groups is 2. The molecule has 0 aromatic heterocycles.